The van der Waals surface area contributed by atoms with Crippen molar-refractivity contribution in [3.05, 3.63) is 0 Å². The van der Waals surface area contributed by atoms with Crippen LogP contribution in [-0.4, -0.2) is 61.8 Å². The van der Waals surface area contributed by atoms with E-state index in [0.717, 1.165) is 38.6 Å². The Morgan fingerprint density at radius 2 is 2.15 bits per heavy atom. The first-order chi connectivity index (χ1) is 9.50. The summed E-state index contributed by atoms with van der Waals surface area (Å²) in [6.07, 6.45) is 3.80. The van der Waals surface area contributed by atoms with Gasteiger partial charge in [-0.25, -0.2) is 0 Å². The van der Waals surface area contributed by atoms with Crippen LogP contribution in [0.1, 0.15) is 33.1 Å². The minimum atomic E-state index is 0.323. The predicted molar refractivity (Wildman–Crippen MR) is 87.6 cm³/mol. The molecule has 20 heavy (non-hydrogen) atoms. The molecule has 116 valence electrons. The first-order valence-corrected chi connectivity index (χ1v) is 8.57. The van der Waals surface area contributed by atoms with Gasteiger partial charge in [-0.1, -0.05) is 0 Å². The Hall–Kier alpha value is -0.420. The van der Waals surface area contributed by atoms with Crippen molar-refractivity contribution in [3.63, 3.8) is 0 Å². The maximum atomic E-state index is 5.22. The van der Waals surface area contributed by atoms with Crippen LogP contribution in [0.2, 0.25) is 0 Å². The number of nitrogens with one attached hydrogen (secondary N) is 1. The molecule has 0 amide bonds. The van der Waals surface area contributed by atoms with Crippen molar-refractivity contribution in [2.45, 2.75) is 37.9 Å². The van der Waals surface area contributed by atoms with Crippen LogP contribution in [0.3, 0.4) is 0 Å². The smallest absolute Gasteiger partial charge is 0.193 e. The second kappa shape index (κ2) is 6.56. The molecule has 5 heteroatoms. The summed E-state index contributed by atoms with van der Waals surface area (Å²) < 4.78 is 5.55. The summed E-state index contributed by atoms with van der Waals surface area (Å²) in [7, 11) is 3.68. The molecule has 4 nitrogen and oxygen atoms in total. The first kappa shape index (κ1) is 16.0. The normalized spacial score (nSPS) is 24.6. The molecule has 1 aliphatic heterocycles. The topological polar surface area (TPSA) is 36.9 Å². The highest BCUT2D eigenvalue weighted by molar-refractivity contribution is 8.00. The van der Waals surface area contributed by atoms with Gasteiger partial charge in [0.25, 0.3) is 0 Å². The van der Waals surface area contributed by atoms with Gasteiger partial charge in [-0.15, -0.1) is 0 Å². The van der Waals surface area contributed by atoms with Gasteiger partial charge in [-0.2, -0.15) is 11.8 Å². The highest BCUT2D eigenvalue weighted by atomic mass is 32.2. The van der Waals surface area contributed by atoms with Crippen LogP contribution in [0.5, 0.6) is 0 Å². The molecule has 0 bridgehead atoms. The van der Waals surface area contributed by atoms with Crippen LogP contribution in [0, 0.1) is 5.41 Å². The van der Waals surface area contributed by atoms with Crippen LogP contribution in [0.15, 0.2) is 4.99 Å². The van der Waals surface area contributed by atoms with Crippen molar-refractivity contribution < 1.29 is 4.74 Å². The summed E-state index contributed by atoms with van der Waals surface area (Å²) in [5, 5.41) is 3.60. The van der Waals surface area contributed by atoms with Crippen molar-refractivity contribution in [2.24, 2.45) is 10.4 Å². The van der Waals surface area contributed by atoms with Crippen molar-refractivity contribution >= 4 is 17.7 Å². The fraction of sp³-hybridized carbons (Fsp3) is 0.933. The number of aliphatic imine (C=N–C) groups is 1. The van der Waals surface area contributed by atoms with Gasteiger partial charge in [-0.3, -0.25) is 4.99 Å². The maximum absolute atomic E-state index is 5.22. The molecule has 2 fully saturated rings. The fourth-order valence-electron chi connectivity index (χ4n) is 2.81. The van der Waals surface area contributed by atoms with E-state index in [1.165, 1.54) is 18.6 Å². The molecule has 0 unspecified atom stereocenters. The second-order valence-electron chi connectivity index (χ2n) is 6.67. The predicted octanol–water partition coefficient (Wildman–Crippen LogP) is 2.21. The Balaban J connectivity index is 1.84. The summed E-state index contributed by atoms with van der Waals surface area (Å²) in [5.74, 6) is 2.25. The van der Waals surface area contributed by atoms with Crippen LogP contribution >= 0.6 is 11.8 Å². The zero-order chi connectivity index (χ0) is 14.6. The third-order valence-electron chi connectivity index (χ3n) is 4.35. The summed E-state index contributed by atoms with van der Waals surface area (Å²) in [5.41, 5.74) is 0.464. The summed E-state index contributed by atoms with van der Waals surface area (Å²) >= 11 is 2.06. The van der Waals surface area contributed by atoms with Crippen molar-refractivity contribution in [3.8, 4) is 0 Å². The van der Waals surface area contributed by atoms with Gasteiger partial charge >= 0.3 is 0 Å². The molecule has 2 aliphatic rings. The number of rotatable bonds is 5. The van der Waals surface area contributed by atoms with Gasteiger partial charge in [0.05, 0.1) is 0 Å². The number of hydrogen-bond donors (Lipinski definition) is 1. The van der Waals surface area contributed by atoms with Crippen LogP contribution in [0.25, 0.3) is 0 Å². The third kappa shape index (κ3) is 4.29. The zero-order valence-electron chi connectivity index (χ0n) is 13.4. The van der Waals surface area contributed by atoms with E-state index < -0.39 is 0 Å². The Morgan fingerprint density at radius 3 is 2.70 bits per heavy atom. The minimum Gasteiger partial charge on any atom is -0.385 e. The average Bonchev–Trinajstić information content (AvgIpc) is 3.17. The Labute approximate surface area is 127 Å². The number of ether oxygens (including phenoxy) is 1. The lowest BCUT2D eigenvalue weighted by molar-refractivity contribution is 0.172. The molecule has 0 spiro atoms. The number of thioether (sulfide) groups is 1. The molecular weight excluding hydrogens is 270 g/mol. The molecule has 0 aromatic carbocycles. The second-order valence-corrected chi connectivity index (χ2v) is 8.48. The lowest BCUT2D eigenvalue weighted by atomic mass is 10.0. The Kier molecular flexibility index (Phi) is 5.24. The van der Waals surface area contributed by atoms with E-state index in [0.29, 0.717) is 10.2 Å². The van der Waals surface area contributed by atoms with E-state index in [4.69, 9.17) is 4.74 Å². The van der Waals surface area contributed by atoms with E-state index in [2.05, 4.69) is 40.8 Å². The largest absolute Gasteiger partial charge is 0.385 e. The van der Waals surface area contributed by atoms with E-state index in [9.17, 15) is 0 Å². The molecule has 2 rings (SSSR count). The van der Waals surface area contributed by atoms with E-state index in [1.807, 2.05) is 7.05 Å². The highest BCUT2D eigenvalue weighted by Gasteiger charge is 2.42. The molecule has 1 saturated heterocycles. The molecule has 1 heterocycles. The average molecular weight is 299 g/mol. The van der Waals surface area contributed by atoms with Crippen LogP contribution in [0.4, 0.5) is 0 Å². The monoisotopic (exact) mass is 299 g/mol. The van der Waals surface area contributed by atoms with Crippen molar-refractivity contribution in [2.75, 3.05) is 46.2 Å². The van der Waals surface area contributed by atoms with Gasteiger partial charge in [-0.05, 0) is 38.5 Å². The van der Waals surface area contributed by atoms with Crippen LogP contribution < -0.4 is 5.32 Å². The SMILES string of the molecule is CN=C(NCC1(CCOC)CC1)N1CCSC(C)(C)C1. The Bertz CT molecular complexity index is 353. The zero-order valence-corrected chi connectivity index (χ0v) is 14.2. The molecule has 0 aromatic heterocycles. The molecule has 0 radical (unpaired) electrons. The Morgan fingerprint density at radius 1 is 1.40 bits per heavy atom. The van der Waals surface area contributed by atoms with Gasteiger partial charge in [0, 0.05) is 50.9 Å². The molecule has 1 N–H and O–H groups in total. The molecule has 1 saturated carbocycles. The third-order valence-corrected chi connectivity index (χ3v) is 5.65. The van der Waals surface area contributed by atoms with Gasteiger partial charge in [0.2, 0.25) is 0 Å². The van der Waals surface area contributed by atoms with Crippen LogP contribution in [-0.2, 0) is 4.74 Å². The van der Waals surface area contributed by atoms with Crippen molar-refractivity contribution in [1.29, 1.82) is 0 Å². The van der Waals surface area contributed by atoms with Gasteiger partial charge < -0.3 is 15.0 Å². The lowest BCUT2D eigenvalue weighted by Gasteiger charge is -2.39. The van der Waals surface area contributed by atoms with E-state index in [1.54, 1.807) is 7.11 Å². The number of methoxy groups -OCH3 is 1. The van der Waals surface area contributed by atoms with E-state index >= 15 is 0 Å². The quantitative estimate of drug-likeness (QED) is 0.624. The van der Waals surface area contributed by atoms with Crippen molar-refractivity contribution in [1.82, 2.24) is 10.2 Å². The fourth-order valence-corrected chi connectivity index (χ4v) is 3.92. The summed E-state index contributed by atoms with van der Waals surface area (Å²) in [4.78, 5) is 6.89. The molecule has 1 aliphatic carbocycles. The van der Waals surface area contributed by atoms with E-state index in [-0.39, 0.29) is 0 Å². The minimum absolute atomic E-state index is 0.323. The lowest BCUT2D eigenvalue weighted by Crippen LogP contribution is -2.51. The van der Waals surface area contributed by atoms with Gasteiger partial charge in [0.15, 0.2) is 5.96 Å². The molecular formula is C15H29N3OS. The summed E-state index contributed by atoms with van der Waals surface area (Å²) in [6, 6.07) is 0. The number of guanidine groups is 1. The summed E-state index contributed by atoms with van der Waals surface area (Å²) in [6.45, 7) is 8.71. The standard InChI is InChI=1S/C15H29N3OS/c1-14(2)12-18(8-10-20-14)13(16-3)17-11-15(5-6-15)7-9-19-4/h5-12H2,1-4H3,(H,16,17). The number of nitrogens with zero attached hydrogens (tertiary/aromatic N) is 2. The molecule has 0 atom stereocenters. The van der Waals surface area contributed by atoms with Gasteiger partial charge in [0.1, 0.15) is 0 Å². The number of hydrogen-bond acceptors (Lipinski definition) is 3. The molecule has 0 aromatic rings. The maximum Gasteiger partial charge on any atom is 0.193 e. The first-order valence-electron chi connectivity index (χ1n) is 7.59. The highest BCUT2D eigenvalue weighted by Crippen LogP contribution is 2.48.